The van der Waals surface area contributed by atoms with Gasteiger partial charge in [-0.1, -0.05) is 24.3 Å². The molecule has 3 rings (SSSR count). The van der Waals surface area contributed by atoms with E-state index in [2.05, 4.69) is 32.5 Å². The number of carbonyl (C=O) groups excluding carboxylic acids is 1. The minimum absolute atomic E-state index is 0.198. The van der Waals surface area contributed by atoms with E-state index in [4.69, 9.17) is 0 Å². The Bertz CT molecular complexity index is 804. The number of guanidine groups is 1. The molecule has 1 N–H and O–H groups in total. The second kappa shape index (κ2) is 9.34. The summed E-state index contributed by atoms with van der Waals surface area (Å²) in [5, 5.41) is 7.39. The molecule has 0 radical (unpaired) electrons. The van der Waals surface area contributed by atoms with Gasteiger partial charge < -0.3 is 15.1 Å². The van der Waals surface area contributed by atoms with Crippen molar-refractivity contribution in [2.24, 2.45) is 12.0 Å². The molecule has 28 heavy (non-hydrogen) atoms. The van der Waals surface area contributed by atoms with Gasteiger partial charge >= 0.3 is 0 Å². The standard InChI is InChI=1S/C20H29N7O/c1-4-21-20(25(2)14-18-23-15-24-26(18)3)22-11-7-10-19(28)27-12-16-8-5-6-9-17(16)13-27/h5-6,8-9,15H,4,7,10-14H2,1-3H3,(H,21,22). The maximum Gasteiger partial charge on any atom is 0.223 e. The molecule has 0 aliphatic carbocycles. The van der Waals surface area contributed by atoms with Crippen molar-refractivity contribution in [2.75, 3.05) is 20.1 Å². The van der Waals surface area contributed by atoms with Crippen molar-refractivity contribution in [3.63, 3.8) is 0 Å². The number of carbonyl (C=O) groups is 1. The minimum Gasteiger partial charge on any atom is -0.357 e. The van der Waals surface area contributed by atoms with E-state index in [0.717, 1.165) is 37.8 Å². The smallest absolute Gasteiger partial charge is 0.223 e. The van der Waals surface area contributed by atoms with Gasteiger partial charge in [-0.15, -0.1) is 0 Å². The quantitative estimate of drug-likeness (QED) is 0.446. The Morgan fingerprint density at radius 3 is 2.61 bits per heavy atom. The van der Waals surface area contributed by atoms with Crippen LogP contribution in [0.1, 0.15) is 36.7 Å². The summed E-state index contributed by atoms with van der Waals surface area (Å²) < 4.78 is 1.76. The predicted molar refractivity (Wildman–Crippen MR) is 108 cm³/mol. The van der Waals surface area contributed by atoms with Gasteiger partial charge in [-0.05, 0) is 24.5 Å². The van der Waals surface area contributed by atoms with E-state index in [1.807, 2.05) is 43.0 Å². The lowest BCUT2D eigenvalue weighted by Crippen LogP contribution is -2.39. The molecule has 8 nitrogen and oxygen atoms in total. The van der Waals surface area contributed by atoms with Crippen LogP contribution in [-0.4, -0.2) is 56.6 Å². The molecule has 1 aliphatic heterocycles. The van der Waals surface area contributed by atoms with Gasteiger partial charge in [-0.2, -0.15) is 5.10 Å². The minimum atomic E-state index is 0.198. The topological polar surface area (TPSA) is 78.7 Å². The maximum atomic E-state index is 12.5. The number of aromatic nitrogens is 3. The van der Waals surface area contributed by atoms with Crippen LogP contribution in [0.2, 0.25) is 0 Å². The molecule has 0 unspecified atom stereocenters. The van der Waals surface area contributed by atoms with Crippen molar-refractivity contribution in [3.05, 3.63) is 47.5 Å². The van der Waals surface area contributed by atoms with E-state index >= 15 is 0 Å². The number of amides is 1. The molecule has 1 aliphatic rings. The van der Waals surface area contributed by atoms with Gasteiger partial charge in [0.25, 0.3) is 0 Å². The summed E-state index contributed by atoms with van der Waals surface area (Å²) in [4.78, 5) is 25.4. The van der Waals surface area contributed by atoms with Crippen LogP contribution in [0.5, 0.6) is 0 Å². The van der Waals surface area contributed by atoms with Gasteiger partial charge in [-0.25, -0.2) is 4.98 Å². The fourth-order valence-corrected chi connectivity index (χ4v) is 3.30. The summed E-state index contributed by atoms with van der Waals surface area (Å²) in [5.41, 5.74) is 2.52. The molecule has 0 saturated carbocycles. The highest BCUT2D eigenvalue weighted by Crippen LogP contribution is 2.22. The van der Waals surface area contributed by atoms with Crippen LogP contribution in [0, 0.1) is 0 Å². The zero-order valence-corrected chi connectivity index (χ0v) is 16.9. The van der Waals surface area contributed by atoms with Crippen LogP contribution in [0.4, 0.5) is 0 Å². The van der Waals surface area contributed by atoms with E-state index in [1.54, 1.807) is 11.0 Å². The number of aryl methyl sites for hydroxylation is 1. The average molecular weight is 384 g/mol. The average Bonchev–Trinajstić information content (AvgIpc) is 3.30. The summed E-state index contributed by atoms with van der Waals surface area (Å²) in [7, 11) is 3.85. The molecule has 1 amide bonds. The number of hydrogen-bond donors (Lipinski definition) is 1. The lowest BCUT2D eigenvalue weighted by atomic mass is 10.1. The molecule has 0 bridgehead atoms. The van der Waals surface area contributed by atoms with Gasteiger partial charge in [0.2, 0.25) is 5.91 Å². The molecule has 0 saturated heterocycles. The number of fused-ring (bicyclic) bond motifs is 1. The lowest BCUT2D eigenvalue weighted by molar-refractivity contribution is -0.131. The monoisotopic (exact) mass is 383 g/mol. The normalized spacial score (nSPS) is 13.5. The number of rotatable bonds is 7. The Kier molecular flexibility index (Phi) is 6.62. The molecule has 1 aromatic carbocycles. The zero-order chi connectivity index (χ0) is 19.9. The summed E-state index contributed by atoms with van der Waals surface area (Å²) in [5.74, 6) is 1.88. The highest BCUT2D eigenvalue weighted by atomic mass is 16.2. The number of nitrogens with one attached hydrogen (secondary N) is 1. The first-order valence-corrected chi connectivity index (χ1v) is 9.75. The van der Waals surface area contributed by atoms with Crippen molar-refractivity contribution in [2.45, 2.75) is 39.4 Å². The number of benzene rings is 1. The van der Waals surface area contributed by atoms with Crippen LogP contribution in [0.25, 0.3) is 0 Å². The largest absolute Gasteiger partial charge is 0.357 e. The lowest BCUT2D eigenvalue weighted by Gasteiger charge is -2.21. The van der Waals surface area contributed by atoms with Crippen molar-refractivity contribution in [3.8, 4) is 0 Å². The second-order valence-corrected chi connectivity index (χ2v) is 7.01. The van der Waals surface area contributed by atoms with Gasteiger partial charge in [0, 0.05) is 46.7 Å². The van der Waals surface area contributed by atoms with Gasteiger partial charge in [0.05, 0.1) is 6.54 Å². The summed E-state index contributed by atoms with van der Waals surface area (Å²) in [6.07, 6.45) is 2.80. The van der Waals surface area contributed by atoms with Gasteiger partial charge in [0.15, 0.2) is 5.96 Å². The first-order valence-electron chi connectivity index (χ1n) is 9.75. The number of aliphatic imine (C=N–C) groups is 1. The Balaban J connectivity index is 1.47. The molecule has 8 heteroatoms. The Labute approximate surface area is 166 Å². The van der Waals surface area contributed by atoms with Crippen molar-refractivity contribution in [1.82, 2.24) is 29.9 Å². The Morgan fingerprint density at radius 1 is 1.29 bits per heavy atom. The van der Waals surface area contributed by atoms with Crippen molar-refractivity contribution < 1.29 is 4.79 Å². The SMILES string of the molecule is CCNC(=NCCCC(=O)N1Cc2ccccc2C1)N(C)Cc1ncnn1C. The van der Waals surface area contributed by atoms with Crippen LogP contribution < -0.4 is 5.32 Å². The van der Waals surface area contributed by atoms with Crippen molar-refractivity contribution in [1.29, 1.82) is 0 Å². The van der Waals surface area contributed by atoms with E-state index in [-0.39, 0.29) is 5.91 Å². The molecule has 0 atom stereocenters. The molecule has 150 valence electrons. The van der Waals surface area contributed by atoms with Crippen LogP contribution >= 0.6 is 0 Å². The fourth-order valence-electron chi connectivity index (χ4n) is 3.30. The van der Waals surface area contributed by atoms with E-state index in [1.165, 1.54) is 11.1 Å². The highest BCUT2D eigenvalue weighted by Gasteiger charge is 2.22. The fraction of sp³-hybridized carbons (Fsp3) is 0.500. The summed E-state index contributed by atoms with van der Waals surface area (Å²) in [6.45, 7) is 5.50. The summed E-state index contributed by atoms with van der Waals surface area (Å²) in [6, 6.07) is 8.26. The first kappa shape index (κ1) is 19.9. The van der Waals surface area contributed by atoms with Crippen LogP contribution in [-0.2, 0) is 31.5 Å². The molecule has 1 aromatic heterocycles. The molecule has 2 aromatic rings. The Morgan fingerprint density at radius 2 is 2.00 bits per heavy atom. The zero-order valence-electron chi connectivity index (χ0n) is 16.9. The van der Waals surface area contributed by atoms with Gasteiger partial charge in [0.1, 0.15) is 12.2 Å². The molecular formula is C20H29N7O. The maximum absolute atomic E-state index is 12.5. The molecule has 0 spiro atoms. The van der Waals surface area contributed by atoms with E-state index < -0.39 is 0 Å². The highest BCUT2D eigenvalue weighted by molar-refractivity contribution is 5.80. The Hall–Kier alpha value is -2.90. The van der Waals surface area contributed by atoms with E-state index in [0.29, 0.717) is 19.5 Å². The first-order chi connectivity index (χ1) is 13.6. The number of hydrogen-bond acceptors (Lipinski definition) is 4. The van der Waals surface area contributed by atoms with E-state index in [9.17, 15) is 4.79 Å². The summed E-state index contributed by atoms with van der Waals surface area (Å²) >= 11 is 0. The second-order valence-electron chi connectivity index (χ2n) is 7.01. The molecule has 2 heterocycles. The van der Waals surface area contributed by atoms with Gasteiger partial charge in [-0.3, -0.25) is 14.5 Å². The third-order valence-corrected chi connectivity index (χ3v) is 4.88. The molecule has 0 fully saturated rings. The molecular weight excluding hydrogens is 354 g/mol. The predicted octanol–water partition coefficient (Wildman–Crippen LogP) is 1.53. The number of nitrogens with zero attached hydrogens (tertiary/aromatic N) is 6. The third kappa shape index (κ3) is 4.88. The third-order valence-electron chi connectivity index (χ3n) is 4.88. The van der Waals surface area contributed by atoms with Crippen LogP contribution in [0.15, 0.2) is 35.6 Å². The van der Waals surface area contributed by atoms with Crippen molar-refractivity contribution >= 4 is 11.9 Å². The van der Waals surface area contributed by atoms with Crippen LogP contribution in [0.3, 0.4) is 0 Å².